The number of benzene rings is 1. The first-order valence-electron chi connectivity index (χ1n) is 6.78. The fraction of sp³-hybridized carbons (Fsp3) is 0.533. The van der Waals surface area contributed by atoms with Crippen molar-refractivity contribution in [1.82, 2.24) is 4.90 Å². The van der Waals surface area contributed by atoms with Crippen LogP contribution in [0.5, 0.6) is 5.75 Å². The van der Waals surface area contributed by atoms with E-state index >= 15 is 0 Å². The van der Waals surface area contributed by atoms with Crippen LogP contribution in [0.1, 0.15) is 18.9 Å². The number of hydrogen-bond donors (Lipinski definition) is 1. The van der Waals surface area contributed by atoms with E-state index in [-0.39, 0.29) is 12.0 Å². The van der Waals surface area contributed by atoms with E-state index in [1.807, 2.05) is 31.2 Å². The molecule has 112 valence electrons. The molecule has 0 radical (unpaired) electrons. The fourth-order valence-electron chi connectivity index (χ4n) is 1.91. The summed E-state index contributed by atoms with van der Waals surface area (Å²) < 4.78 is 10.3. The highest BCUT2D eigenvalue weighted by Crippen LogP contribution is 2.14. The number of hydrogen-bond acceptors (Lipinski definition) is 4. The number of rotatable bonds is 8. The van der Waals surface area contributed by atoms with Crippen molar-refractivity contribution in [1.29, 1.82) is 0 Å². The highest BCUT2D eigenvalue weighted by Gasteiger charge is 2.17. The molecule has 20 heavy (non-hydrogen) atoms. The van der Waals surface area contributed by atoms with Crippen LogP contribution in [0.4, 0.5) is 0 Å². The van der Waals surface area contributed by atoms with Crippen molar-refractivity contribution >= 4 is 5.91 Å². The third-order valence-corrected chi connectivity index (χ3v) is 3.27. The molecule has 0 saturated carbocycles. The molecule has 0 aromatic heterocycles. The van der Waals surface area contributed by atoms with Gasteiger partial charge in [0.15, 0.2) is 0 Å². The Morgan fingerprint density at radius 2 is 1.95 bits per heavy atom. The summed E-state index contributed by atoms with van der Waals surface area (Å²) in [7, 11) is 3.21. The number of ether oxygens (including phenoxy) is 2. The van der Waals surface area contributed by atoms with Gasteiger partial charge in [-0.05, 0) is 24.6 Å². The molecule has 0 aliphatic carbocycles. The van der Waals surface area contributed by atoms with Crippen LogP contribution in [-0.4, -0.2) is 44.2 Å². The number of carbonyl (C=O) groups excluding carboxylic acids is 1. The maximum atomic E-state index is 12.2. The summed E-state index contributed by atoms with van der Waals surface area (Å²) in [5.74, 6) is 0.867. The van der Waals surface area contributed by atoms with Crippen molar-refractivity contribution in [2.45, 2.75) is 26.0 Å². The molecule has 1 atom stereocenters. The van der Waals surface area contributed by atoms with Gasteiger partial charge < -0.3 is 20.1 Å². The minimum Gasteiger partial charge on any atom is -0.497 e. The first-order chi connectivity index (χ1) is 9.64. The Bertz CT molecular complexity index is 402. The van der Waals surface area contributed by atoms with Crippen LogP contribution in [0, 0.1) is 0 Å². The molecule has 0 heterocycles. The van der Waals surface area contributed by atoms with Crippen molar-refractivity contribution in [3.05, 3.63) is 29.8 Å². The molecule has 1 aromatic carbocycles. The van der Waals surface area contributed by atoms with Gasteiger partial charge in [0, 0.05) is 26.7 Å². The monoisotopic (exact) mass is 280 g/mol. The first kappa shape index (κ1) is 16.5. The van der Waals surface area contributed by atoms with Gasteiger partial charge in [0.2, 0.25) is 5.91 Å². The predicted octanol–water partition coefficient (Wildman–Crippen LogP) is 1.41. The summed E-state index contributed by atoms with van der Waals surface area (Å²) in [4.78, 5) is 14.0. The average Bonchev–Trinajstić information content (AvgIpc) is 2.50. The summed E-state index contributed by atoms with van der Waals surface area (Å²) in [5, 5.41) is 0. The summed E-state index contributed by atoms with van der Waals surface area (Å²) in [6, 6.07) is 7.72. The topological polar surface area (TPSA) is 64.8 Å². The van der Waals surface area contributed by atoms with Crippen LogP contribution in [0.2, 0.25) is 0 Å². The maximum absolute atomic E-state index is 12.2. The smallest absolute Gasteiger partial charge is 0.225 e. The molecule has 5 heteroatoms. The van der Waals surface area contributed by atoms with Gasteiger partial charge in [-0.3, -0.25) is 4.79 Å². The quantitative estimate of drug-likeness (QED) is 0.782. The largest absolute Gasteiger partial charge is 0.497 e. The lowest BCUT2D eigenvalue weighted by atomic mass is 10.1. The van der Waals surface area contributed by atoms with Gasteiger partial charge >= 0.3 is 0 Å². The molecular weight excluding hydrogens is 256 g/mol. The van der Waals surface area contributed by atoms with E-state index in [0.29, 0.717) is 26.1 Å². The summed E-state index contributed by atoms with van der Waals surface area (Å²) in [6.07, 6.45) is 0.101. The van der Waals surface area contributed by atoms with E-state index in [2.05, 4.69) is 0 Å². The predicted molar refractivity (Wildman–Crippen MR) is 78.6 cm³/mol. The third kappa shape index (κ3) is 4.83. The minimum atomic E-state index is -0.215. The lowest BCUT2D eigenvalue weighted by Gasteiger charge is -2.23. The highest BCUT2D eigenvalue weighted by molar-refractivity contribution is 5.76. The molecule has 1 rings (SSSR count). The van der Waals surface area contributed by atoms with E-state index < -0.39 is 0 Å². The van der Waals surface area contributed by atoms with Gasteiger partial charge in [0.05, 0.1) is 19.6 Å². The van der Waals surface area contributed by atoms with Gasteiger partial charge in [-0.1, -0.05) is 12.1 Å². The molecule has 2 N–H and O–H groups in total. The SMILES string of the molecule is CCN(Cc1ccc(OC)cc1)C(=O)CC(CN)OC. The van der Waals surface area contributed by atoms with Crippen LogP contribution in [0.15, 0.2) is 24.3 Å². The first-order valence-corrected chi connectivity index (χ1v) is 6.78. The zero-order chi connectivity index (χ0) is 15.0. The number of carbonyl (C=O) groups is 1. The van der Waals surface area contributed by atoms with Crippen LogP contribution in [0.25, 0.3) is 0 Å². The van der Waals surface area contributed by atoms with Crippen LogP contribution in [0.3, 0.4) is 0 Å². The second kappa shape index (κ2) is 8.55. The second-order valence-electron chi connectivity index (χ2n) is 4.55. The molecule has 0 saturated heterocycles. The number of nitrogens with two attached hydrogens (primary N) is 1. The lowest BCUT2D eigenvalue weighted by Crippen LogP contribution is -2.35. The van der Waals surface area contributed by atoms with Gasteiger partial charge in [0.1, 0.15) is 5.75 Å². The minimum absolute atomic E-state index is 0.0561. The van der Waals surface area contributed by atoms with Crippen molar-refractivity contribution in [3.8, 4) is 5.75 Å². The van der Waals surface area contributed by atoms with Crippen molar-refractivity contribution in [2.75, 3.05) is 27.3 Å². The highest BCUT2D eigenvalue weighted by atomic mass is 16.5. The van der Waals surface area contributed by atoms with E-state index in [1.54, 1.807) is 19.1 Å². The molecular formula is C15H24N2O3. The Hall–Kier alpha value is -1.59. The molecule has 0 fully saturated rings. The Morgan fingerprint density at radius 1 is 1.30 bits per heavy atom. The van der Waals surface area contributed by atoms with Crippen molar-refractivity contribution in [3.63, 3.8) is 0 Å². The molecule has 1 amide bonds. The Labute approximate surface area is 120 Å². The van der Waals surface area contributed by atoms with Crippen LogP contribution in [-0.2, 0) is 16.1 Å². The zero-order valence-electron chi connectivity index (χ0n) is 12.5. The van der Waals surface area contributed by atoms with Gasteiger partial charge in [0.25, 0.3) is 0 Å². The molecule has 1 unspecified atom stereocenters. The number of nitrogens with zero attached hydrogens (tertiary/aromatic N) is 1. The summed E-state index contributed by atoms with van der Waals surface area (Å²) >= 11 is 0. The molecule has 0 bridgehead atoms. The van der Waals surface area contributed by atoms with Crippen LogP contribution < -0.4 is 10.5 Å². The Balaban J connectivity index is 2.63. The van der Waals surface area contributed by atoms with E-state index in [1.165, 1.54) is 0 Å². The van der Waals surface area contributed by atoms with E-state index in [9.17, 15) is 4.79 Å². The maximum Gasteiger partial charge on any atom is 0.225 e. The van der Waals surface area contributed by atoms with Crippen LogP contribution >= 0.6 is 0 Å². The molecule has 5 nitrogen and oxygen atoms in total. The fourth-order valence-corrected chi connectivity index (χ4v) is 1.91. The normalized spacial score (nSPS) is 12.0. The molecule has 0 spiro atoms. The average molecular weight is 280 g/mol. The molecule has 1 aromatic rings. The van der Waals surface area contributed by atoms with Gasteiger partial charge in [-0.15, -0.1) is 0 Å². The Morgan fingerprint density at radius 3 is 2.40 bits per heavy atom. The standard InChI is InChI=1S/C15H24N2O3/c1-4-17(15(18)9-14(10-16)20-3)11-12-5-7-13(19-2)8-6-12/h5-8,14H,4,9-11,16H2,1-3H3. The Kier molecular flexibility index (Phi) is 7.04. The lowest BCUT2D eigenvalue weighted by molar-refractivity contribution is -0.134. The zero-order valence-corrected chi connectivity index (χ0v) is 12.5. The molecule has 0 aliphatic rings. The summed E-state index contributed by atoms with van der Waals surface area (Å²) in [6.45, 7) is 3.56. The van der Waals surface area contributed by atoms with E-state index in [4.69, 9.17) is 15.2 Å². The van der Waals surface area contributed by atoms with Crippen molar-refractivity contribution in [2.24, 2.45) is 5.73 Å². The third-order valence-electron chi connectivity index (χ3n) is 3.27. The number of methoxy groups -OCH3 is 2. The molecule has 0 aliphatic heterocycles. The summed E-state index contributed by atoms with van der Waals surface area (Å²) in [5.41, 5.74) is 6.62. The number of amides is 1. The van der Waals surface area contributed by atoms with Crippen molar-refractivity contribution < 1.29 is 14.3 Å². The van der Waals surface area contributed by atoms with E-state index in [0.717, 1.165) is 11.3 Å². The van der Waals surface area contributed by atoms with Gasteiger partial charge in [-0.25, -0.2) is 0 Å². The second-order valence-corrected chi connectivity index (χ2v) is 4.55. The van der Waals surface area contributed by atoms with Gasteiger partial charge in [-0.2, -0.15) is 0 Å².